The predicted molar refractivity (Wildman–Crippen MR) is 348 cm³/mol. The summed E-state index contributed by atoms with van der Waals surface area (Å²) >= 11 is 0. The summed E-state index contributed by atoms with van der Waals surface area (Å²) < 4.78 is 16.9. The van der Waals surface area contributed by atoms with Gasteiger partial charge < -0.3 is 14.2 Å². The second kappa shape index (κ2) is 67.6. The predicted octanol–water partition coefficient (Wildman–Crippen LogP) is 23.4. The molecule has 0 aliphatic rings. The molecular weight excluding hydrogens is 985 g/mol. The lowest BCUT2D eigenvalue weighted by atomic mass is 10.0. The molecule has 0 heterocycles. The van der Waals surface area contributed by atoms with Gasteiger partial charge in [0.15, 0.2) is 6.10 Å². The van der Waals surface area contributed by atoms with E-state index in [9.17, 15) is 14.4 Å². The minimum absolute atomic E-state index is 0.112. The van der Waals surface area contributed by atoms with Gasteiger partial charge in [-0.1, -0.05) is 304 Å². The molecule has 0 fully saturated rings. The van der Waals surface area contributed by atoms with Crippen molar-refractivity contribution >= 4 is 17.9 Å². The molecular formula is C74H126O6. The van der Waals surface area contributed by atoms with Crippen LogP contribution in [0.2, 0.25) is 0 Å². The van der Waals surface area contributed by atoms with E-state index in [0.29, 0.717) is 19.3 Å². The Bertz CT molecular complexity index is 1610. The van der Waals surface area contributed by atoms with Crippen LogP contribution in [0.15, 0.2) is 109 Å². The number of hydrogen-bond acceptors (Lipinski definition) is 6. The van der Waals surface area contributed by atoms with Crippen LogP contribution in [0.4, 0.5) is 0 Å². The zero-order valence-corrected chi connectivity index (χ0v) is 52.6. The maximum absolute atomic E-state index is 12.9. The van der Waals surface area contributed by atoms with Gasteiger partial charge in [0.05, 0.1) is 0 Å². The molecule has 6 heteroatoms. The molecule has 0 bridgehead atoms. The topological polar surface area (TPSA) is 78.9 Å². The Labute approximate surface area is 495 Å². The molecule has 0 aromatic heterocycles. The standard InChI is InChI=1S/C74H126O6/c1-4-7-10-13-16-19-22-25-28-30-32-33-34-35-36-37-38-39-40-41-43-44-46-49-52-55-58-61-64-67-73(76)79-70-71(69-78-72(75)66-63-60-57-54-51-48-27-24-21-18-15-12-9-6-3)80-74(77)68-65-62-59-56-53-50-47-45-42-31-29-26-23-20-17-14-11-8-5-2/h8,11,15,17-18,20,24,26-27,29-30,32,42,45,50,53,59,62,71H,4-7,9-10,12-14,16,19,21-23,25,28,31,33-41,43-44,46-49,51-52,54-58,60-61,63-70H2,1-3H3/b11-8-,18-15-,20-17-,27-24-,29-26-,32-30-,45-42-,53-50-,62-59-. The van der Waals surface area contributed by atoms with Crippen LogP contribution in [0, 0.1) is 0 Å². The van der Waals surface area contributed by atoms with Gasteiger partial charge in [0.25, 0.3) is 0 Å². The van der Waals surface area contributed by atoms with Gasteiger partial charge in [0.2, 0.25) is 0 Å². The number of carbonyl (C=O) groups excluding carboxylic acids is 3. The summed E-state index contributed by atoms with van der Waals surface area (Å²) in [5.41, 5.74) is 0. The molecule has 80 heavy (non-hydrogen) atoms. The Balaban J connectivity index is 4.33. The highest BCUT2D eigenvalue weighted by molar-refractivity contribution is 5.71. The number of ether oxygens (including phenoxy) is 3. The number of carbonyl (C=O) groups is 3. The summed E-state index contributed by atoms with van der Waals surface area (Å²) in [6, 6.07) is 0. The molecule has 1 atom stereocenters. The Kier molecular flexibility index (Phi) is 64.3. The van der Waals surface area contributed by atoms with Gasteiger partial charge in [-0.25, -0.2) is 0 Å². The fourth-order valence-electron chi connectivity index (χ4n) is 9.42. The SMILES string of the molecule is CC/C=C\C/C=C\C/C=C\C/C=C\C/C=C\C/C=C\CCC(=O)OC(COC(=O)CCCCCCC/C=C\C/C=C\CCCC)COC(=O)CCCCCCCCCCCCCCCCCCC/C=C\CCCCCCCCCC. The van der Waals surface area contributed by atoms with Crippen LogP contribution in [-0.4, -0.2) is 37.2 Å². The molecule has 0 aliphatic carbocycles. The molecule has 0 aliphatic heterocycles. The molecule has 1 unspecified atom stereocenters. The van der Waals surface area contributed by atoms with Crippen molar-refractivity contribution in [3.63, 3.8) is 0 Å². The van der Waals surface area contributed by atoms with Gasteiger partial charge in [0.1, 0.15) is 13.2 Å². The summed E-state index contributed by atoms with van der Waals surface area (Å²) in [5.74, 6) is -1.00. The number of allylic oxidation sites excluding steroid dienone is 18. The molecule has 6 nitrogen and oxygen atoms in total. The van der Waals surface area contributed by atoms with E-state index < -0.39 is 12.1 Å². The minimum atomic E-state index is -0.827. The average Bonchev–Trinajstić information content (AvgIpc) is 3.46. The Morgan fingerprint density at radius 1 is 0.263 bits per heavy atom. The molecule has 0 aromatic rings. The van der Waals surface area contributed by atoms with Crippen molar-refractivity contribution in [2.24, 2.45) is 0 Å². The zero-order valence-electron chi connectivity index (χ0n) is 52.6. The molecule has 0 rings (SSSR count). The van der Waals surface area contributed by atoms with E-state index in [1.54, 1.807) is 0 Å². The van der Waals surface area contributed by atoms with Crippen LogP contribution in [0.25, 0.3) is 0 Å². The van der Waals surface area contributed by atoms with E-state index in [-0.39, 0.29) is 31.6 Å². The first-order chi connectivity index (χ1) is 39.5. The highest BCUT2D eigenvalue weighted by Gasteiger charge is 2.19. The molecule has 0 amide bonds. The van der Waals surface area contributed by atoms with E-state index in [0.717, 1.165) is 103 Å². The van der Waals surface area contributed by atoms with Crippen LogP contribution < -0.4 is 0 Å². The Morgan fingerprint density at radius 3 is 0.863 bits per heavy atom. The van der Waals surface area contributed by atoms with Crippen LogP contribution >= 0.6 is 0 Å². The molecule has 0 N–H and O–H groups in total. The van der Waals surface area contributed by atoms with Crippen LogP contribution in [0.5, 0.6) is 0 Å². The monoisotopic (exact) mass is 1110 g/mol. The van der Waals surface area contributed by atoms with Crippen molar-refractivity contribution < 1.29 is 28.6 Å². The van der Waals surface area contributed by atoms with Crippen molar-refractivity contribution in [3.05, 3.63) is 109 Å². The zero-order chi connectivity index (χ0) is 57.8. The quantitative estimate of drug-likeness (QED) is 0.0261. The van der Waals surface area contributed by atoms with Crippen LogP contribution in [-0.2, 0) is 28.6 Å². The fraction of sp³-hybridized carbons (Fsp3) is 0.716. The number of esters is 3. The Morgan fingerprint density at radius 2 is 0.525 bits per heavy atom. The van der Waals surface area contributed by atoms with Gasteiger partial charge >= 0.3 is 17.9 Å². The first kappa shape index (κ1) is 76.1. The Hall–Kier alpha value is -3.93. The van der Waals surface area contributed by atoms with Gasteiger partial charge in [-0.05, 0) is 109 Å². The third-order valence-electron chi connectivity index (χ3n) is 14.5. The highest BCUT2D eigenvalue weighted by atomic mass is 16.6. The first-order valence-electron chi connectivity index (χ1n) is 33.9. The van der Waals surface area contributed by atoms with Crippen molar-refractivity contribution in [3.8, 4) is 0 Å². The highest BCUT2D eigenvalue weighted by Crippen LogP contribution is 2.17. The normalized spacial score (nSPS) is 12.8. The van der Waals surface area contributed by atoms with E-state index >= 15 is 0 Å². The lowest BCUT2D eigenvalue weighted by Gasteiger charge is -2.18. The summed E-state index contributed by atoms with van der Waals surface area (Å²) in [6.45, 7) is 6.44. The van der Waals surface area contributed by atoms with Gasteiger partial charge in [-0.3, -0.25) is 14.4 Å². The van der Waals surface area contributed by atoms with Crippen molar-refractivity contribution in [2.45, 2.75) is 329 Å². The van der Waals surface area contributed by atoms with E-state index in [1.165, 1.54) is 173 Å². The summed E-state index contributed by atoms with van der Waals surface area (Å²) in [4.78, 5) is 38.3. The maximum Gasteiger partial charge on any atom is 0.306 e. The van der Waals surface area contributed by atoms with Crippen molar-refractivity contribution in [1.29, 1.82) is 0 Å². The van der Waals surface area contributed by atoms with Gasteiger partial charge in [0, 0.05) is 19.3 Å². The summed E-state index contributed by atoms with van der Waals surface area (Å²) in [7, 11) is 0. The molecule has 0 saturated carbocycles. The van der Waals surface area contributed by atoms with Crippen molar-refractivity contribution in [2.75, 3.05) is 13.2 Å². The molecule has 0 saturated heterocycles. The molecule has 0 aromatic carbocycles. The van der Waals surface area contributed by atoms with Gasteiger partial charge in [-0.2, -0.15) is 0 Å². The van der Waals surface area contributed by atoms with E-state index in [1.807, 2.05) is 6.08 Å². The van der Waals surface area contributed by atoms with Crippen molar-refractivity contribution in [1.82, 2.24) is 0 Å². The number of rotatable bonds is 61. The smallest absolute Gasteiger partial charge is 0.306 e. The summed E-state index contributed by atoms with van der Waals surface area (Å²) in [5, 5.41) is 0. The lowest BCUT2D eigenvalue weighted by molar-refractivity contribution is -0.166. The lowest BCUT2D eigenvalue weighted by Crippen LogP contribution is -2.30. The number of unbranched alkanes of at least 4 members (excludes halogenated alkanes) is 32. The molecule has 0 spiro atoms. The average molecular weight is 1110 g/mol. The largest absolute Gasteiger partial charge is 0.462 e. The molecule has 458 valence electrons. The van der Waals surface area contributed by atoms with E-state index in [2.05, 4.69) is 124 Å². The van der Waals surface area contributed by atoms with Crippen LogP contribution in [0.3, 0.4) is 0 Å². The van der Waals surface area contributed by atoms with E-state index in [4.69, 9.17) is 14.2 Å². The minimum Gasteiger partial charge on any atom is -0.462 e. The maximum atomic E-state index is 12.9. The van der Waals surface area contributed by atoms with Crippen LogP contribution in [0.1, 0.15) is 323 Å². The first-order valence-corrected chi connectivity index (χ1v) is 33.9. The summed E-state index contributed by atoms with van der Waals surface area (Å²) in [6.07, 6.45) is 92.7. The third-order valence-corrected chi connectivity index (χ3v) is 14.5. The number of hydrogen-bond donors (Lipinski definition) is 0. The second-order valence-corrected chi connectivity index (χ2v) is 22.3. The third kappa shape index (κ3) is 64.9. The fourth-order valence-corrected chi connectivity index (χ4v) is 9.42. The second-order valence-electron chi connectivity index (χ2n) is 22.3. The molecule has 0 radical (unpaired) electrons. The van der Waals surface area contributed by atoms with Gasteiger partial charge in [-0.15, -0.1) is 0 Å².